The van der Waals surface area contributed by atoms with Gasteiger partial charge in [-0.05, 0) is 57.4 Å². The largest absolute Gasteiger partial charge is 0.493 e. The molecule has 0 saturated heterocycles. The van der Waals surface area contributed by atoms with Crippen molar-refractivity contribution >= 4 is 17.5 Å². The van der Waals surface area contributed by atoms with E-state index in [2.05, 4.69) is 37.5 Å². The van der Waals surface area contributed by atoms with E-state index in [1.165, 1.54) is 24.1 Å². The number of hydrogen-bond acceptors (Lipinski definition) is 3. The van der Waals surface area contributed by atoms with E-state index in [0.29, 0.717) is 18.4 Å². The molecule has 3 rings (SSSR count). The fourth-order valence-corrected chi connectivity index (χ4v) is 3.81. The van der Waals surface area contributed by atoms with Gasteiger partial charge in [-0.2, -0.15) is 11.8 Å². The van der Waals surface area contributed by atoms with E-state index < -0.39 is 0 Å². The lowest BCUT2D eigenvalue weighted by Crippen LogP contribution is -2.08. The predicted molar refractivity (Wildman–Crippen MR) is 101 cm³/mol. The first kappa shape index (κ1) is 17.2. The lowest BCUT2D eigenvalue weighted by Gasteiger charge is -2.08. The van der Waals surface area contributed by atoms with Crippen LogP contribution in [0.3, 0.4) is 0 Å². The lowest BCUT2D eigenvalue weighted by atomic mass is 10.2. The molecular weight excluding hydrogens is 318 g/mol. The molecule has 1 aromatic carbocycles. The maximum atomic E-state index is 12.5. The van der Waals surface area contributed by atoms with Crippen LogP contribution in [0.4, 0.5) is 0 Å². The fraction of sp³-hybridized carbons (Fsp3) is 0.450. The fourth-order valence-electron chi connectivity index (χ4n) is 3.12. The molecule has 0 aliphatic heterocycles. The average molecular weight is 343 g/mol. The maximum absolute atomic E-state index is 12.5. The van der Waals surface area contributed by atoms with Gasteiger partial charge in [0.1, 0.15) is 5.75 Å². The number of Topliss-reactive ketones (excluding diaryl/α,β-unsaturated/α-hetero) is 1. The Morgan fingerprint density at radius 2 is 2.04 bits per heavy atom. The van der Waals surface area contributed by atoms with Crippen molar-refractivity contribution in [3.63, 3.8) is 0 Å². The van der Waals surface area contributed by atoms with Crippen molar-refractivity contribution in [3.05, 3.63) is 52.8 Å². The Morgan fingerprint density at radius 1 is 1.25 bits per heavy atom. The van der Waals surface area contributed by atoms with Gasteiger partial charge >= 0.3 is 0 Å². The Hall–Kier alpha value is -1.68. The van der Waals surface area contributed by atoms with Gasteiger partial charge in [0, 0.05) is 28.7 Å². The topological polar surface area (TPSA) is 31.2 Å². The molecule has 1 aliphatic carbocycles. The summed E-state index contributed by atoms with van der Waals surface area (Å²) in [5.41, 5.74) is 4.44. The van der Waals surface area contributed by atoms with Crippen LogP contribution in [0.15, 0.2) is 30.3 Å². The first-order valence-corrected chi connectivity index (χ1v) is 9.70. The normalized spacial score (nSPS) is 14.0. The Kier molecular flexibility index (Phi) is 5.34. The summed E-state index contributed by atoms with van der Waals surface area (Å²) in [7, 11) is 0. The third-order valence-electron chi connectivity index (χ3n) is 4.42. The molecule has 1 fully saturated rings. The van der Waals surface area contributed by atoms with Gasteiger partial charge in [-0.1, -0.05) is 12.1 Å². The van der Waals surface area contributed by atoms with Crippen molar-refractivity contribution in [2.45, 2.75) is 39.7 Å². The summed E-state index contributed by atoms with van der Waals surface area (Å²) < 4.78 is 8.06. The number of carbonyl (C=O) groups is 1. The molecule has 2 aromatic rings. The van der Waals surface area contributed by atoms with Gasteiger partial charge in [-0.3, -0.25) is 4.79 Å². The summed E-state index contributed by atoms with van der Waals surface area (Å²) in [6.07, 6.45) is 2.49. The van der Waals surface area contributed by atoms with Crippen LogP contribution in [0.2, 0.25) is 0 Å². The van der Waals surface area contributed by atoms with Crippen molar-refractivity contribution < 1.29 is 9.53 Å². The average Bonchev–Trinajstić information content (AvgIpc) is 3.32. The Labute approximate surface area is 148 Å². The van der Waals surface area contributed by atoms with Gasteiger partial charge in [0.15, 0.2) is 5.78 Å². The van der Waals surface area contributed by atoms with Gasteiger partial charge in [-0.25, -0.2) is 0 Å². The highest BCUT2D eigenvalue weighted by atomic mass is 32.2. The molecule has 1 saturated carbocycles. The zero-order valence-electron chi connectivity index (χ0n) is 14.7. The van der Waals surface area contributed by atoms with E-state index in [0.717, 1.165) is 22.8 Å². The maximum Gasteiger partial charge on any atom is 0.174 e. The van der Waals surface area contributed by atoms with E-state index in [-0.39, 0.29) is 5.78 Å². The van der Waals surface area contributed by atoms with Crippen LogP contribution < -0.4 is 4.74 Å². The first-order valence-electron chi connectivity index (χ1n) is 8.55. The molecule has 0 radical (unpaired) electrons. The smallest absolute Gasteiger partial charge is 0.174 e. The second-order valence-corrected chi connectivity index (χ2v) is 7.63. The minimum atomic E-state index is 0.232. The second-order valence-electron chi connectivity index (χ2n) is 6.53. The number of aryl methyl sites for hydroxylation is 2. The van der Waals surface area contributed by atoms with Crippen molar-refractivity contribution in [3.8, 4) is 5.75 Å². The lowest BCUT2D eigenvalue weighted by molar-refractivity contribution is 0.102. The van der Waals surface area contributed by atoms with Crippen molar-refractivity contribution in [2.24, 2.45) is 0 Å². The molecule has 0 unspecified atom stereocenters. The number of nitrogens with zero attached hydrogens (tertiary/aromatic N) is 1. The van der Waals surface area contributed by atoms with E-state index >= 15 is 0 Å². The van der Waals surface area contributed by atoms with Crippen LogP contribution in [0.1, 0.15) is 46.2 Å². The summed E-state index contributed by atoms with van der Waals surface area (Å²) >= 11 is 1.64. The van der Waals surface area contributed by atoms with E-state index in [9.17, 15) is 4.79 Å². The zero-order valence-corrected chi connectivity index (χ0v) is 15.5. The Bertz CT molecular complexity index is 731. The van der Waals surface area contributed by atoms with E-state index in [1.54, 1.807) is 11.8 Å². The molecule has 128 valence electrons. The second kappa shape index (κ2) is 7.47. The summed E-state index contributed by atoms with van der Waals surface area (Å²) in [4.78, 5) is 12.5. The molecular formula is C20H25NO2S. The number of ketones is 1. The van der Waals surface area contributed by atoms with Gasteiger partial charge in [0.05, 0.1) is 12.4 Å². The van der Waals surface area contributed by atoms with E-state index in [4.69, 9.17) is 4.74 Å². The van der Waals surface area contributed by atoms with Crippen molar-refractivity contribution in [1.29, 1.82) is 0 Å². The van der Waals surface area contributed by atoms with Gasteiger partial charge < -0.3 is 9.30 Å². The monoisotopic (exact) mass is 343 g/mol. The molecule has 0 atom stereocenters. The molecule has 1 aliphatic rings. The molecule has 0 N–H and O–H groups in total. The number of hydrogen-bond donors (Lipinski definition) is 0. The summed E-state index contributed by atoms with van der Waals surface area (Å²) in [6, 6.07) is 10.7. The Morgan fingerprint density at radius 3 is 2.75 bits per heavy atom. The highest BCUT2D eigenvalue weighted by Crippen LogP contribution is 2.38. The standard InChI is InChI=1S/C20H25NO2S/c1-14-5-4-6-18(11-14)23-9-10-24-13-20(22)19-12-15(2)21(16(19)3)17-7-8-17/h4-6,11-12,17H,7-10,13H2,1-3H3. The minimum Gasteiger partial charge on any atom is -0.493 e. The van der Waals surface area contributed by atoms with Crippen LogP contribution in [-0.4, -0.2) is 28.5 Å². The van der Waals surface area contributed by atoms with E-state index in [1.807, 2.05) is 18.2 Å². The third kappa shape index (κ3) is 4.04. The molecule has 0 spiro atoms. The number of carbonyl (C=O) groups excluding carboxylic acids is 1. The van der Waals surface area contributed by atoms with Gasteiger partial charge in [0.2, 0.25) is 0 Å². The van der Waals surface area contributed by atoms with Crippen molar-refractivity contribution in [1.82, 2.24) is 4.57 Å². The number of benzene rings is 1. The molecule has 24 heavy (non-hydrogen) atoms. The summed E-state index contributed by atoms with van der Waals surface area (Å²) in [5.74, 6) is 2.47. The van der Waals surface area contributed by atoms with Gasteiger partial charge in [-0.15, -0.1) is 0 Å². The molecule has 1 heterocycles. The highest BCUT2D eigenvalue weighted by molar-refractivity contribution is 8.00. The minimum absolute atomic E-state index is 0.232. The SMILES string of the molecule is Cc1cccc(OCCSCC(=O)c2cc(C)n(C3CC3)c2C)c1. The zero-order chi connectivity index (χ0) is 17.1. The first-order chi connectivity index (χ1) is 11.6. The van der Waals surface area contributed by atoms with Crippen LogP contribution in [0.25, 0.3) is 0 Å². The van der Waals surface area contributed by atoms with Crippen LogP contribution >= 0.6 is 11.8 Å². The number of thioether (sulfide) groups is 1. The molecule has 0 amide bonds. The molecule has 4 heteroatoms. The van der Waals surface area contributed by atoms with Crippen LogP contribution in [0, 0.1) is 20.8 Å². The number of rotatable bonds is 8. The quantitative estimate of drug-likeness (QED) is 0.512. The molecule has 1 aromatic heterocycles. The third-order valence-corrected chi connectivity index (χ3v) is 5.34. The number of ether oxygens (including phenoxy) is 1. The summed E-state index contributed by atoms with van der Waals surface area (Å²) in [5, 5.41) is 0. The molecule has 0 bridgehead atoms. The van der Waals surface area contributed by atoms with Gasteiger partial charge in [0.25, 0.3) is 0 Å². The summed E-state index contributed by atoms with van der Waals surface area (Å²) in [6.45, 7) is 6.86. The highest BCUT2D eigenvalue weighted by Gasteiger charge is 2.28. The van der Waals surface area contributed by atoms with Crippen LogP contribution in [-0.2, 0) is 0 Å². The molecule has 3 nitrogen and oxygen atoms in total. The number of aromatic nitrogens is 1. The van der Waals surface area contributed by atoms with Crippen molar-refractivity contribution in [2.75, 3.05) is 18.1 Å². The Balaban J connectivity index is 1.45. The predicted octanol–water partition coefficient (Wildman–Crippen LogP) is 4.74. The van der Waals surface area contributed by atoms with Crippen LogP contribution in [0.5, 0.6) is 5.75 Å².